The second-order valence-electron chi connectivity index (χ2n) is 5.95. The molecule has 10 nitrogen and oxygen atoms in total. The molecule has 2 heterocycles. The number of aromatic nitrogens is 2. The van der Waals surface area contributed by atoms with Gasteiger partial charge >= 0.3 is 0 Å². The van der Waals surface area contributed by atoms with Gasteiger partial charge in [-0.05, 0) is 30.3 Å². The van der Waals surface area contributed by atoms with Crippen LogP contribution in [0.2, 0.25) is 0 Å². The lowest BCUT2D eigenvalue weighted by Crippen LogP contribution is -2.31. The van der Waals surface area contributed by atoms with Crippen molar-refractivity contribution in [3.05, 3.63) is 48.8 Å². The van der Waals surface area contributed by atoms with Gasteiger partial charge in [0.05, 0.1) is 31.2 Å². The van der Waals surface area contributed by atoms with Crippen molar-refractivity contribution in [3.8, 4) is 11.5 Å². The van der Waals surface area contributed by atoms with E-state index in [1.54, 1.807) is 35.1 Å². The van der Waals surface area contributed by atoms with Crippen LogP contribution in [0.25, 0.3) is 5.52 Å². The highest BCUT2D eigenvalue weighted by Crippen LogP contribution is 2.28. The van der Waals surface area contributed by atoms with Crippen LogP contribution in [0, 0.1) is 0 Å². The first kappa shape index (κ1) is 20.9. The summed E-state index contributed by atoms with van der Waals surface area (Å²) in [6.45, 7) is -0.318. The molecule has 0 saturated heterocycles. The number of rotatable bonds is 9. The molecule has 12 heteroatoms. The van der Waals surface area contributed by atoms with Crippen molar-refractivity contribution in [2.24, 2.45) is 0 Å². The van der Waals surface area contributed by atoms with E-state index in [0.717, 1.165) is 5.52 Å². The zero-order valence-corrected chi connectivity index (χ0v) is 17.3. The Morgan fingerprint density at radius 1 is 1.03 bits per heavy atom. The molecule has 0 aliphatic carbocycles. The first-order valence-corrected chi connectivity index (χ1v) is 11.5. The summed E-state index contributed by atoms with van der Waals surface area (Å²) < 4.78 is 66.0. The Morgan fingerprint density at radius 3 is 2.55 bits per heavy atom. The third kappa shape index (κ3) is 4.96. The van der Waals surface area contributed by atoms with Crippen molar-refractivity contribution in [1.29, 1.82) is 0 Å². The molecule has 156 valence electrons. The first-order valence-electron chi connectivity index (χ1n) is 8.40. The Balaban J connectivity index is 1.66. The van der Waals surface area contributed by atoms with Crippen molar-refractivity contribution < 1.29 is 26.3 Å². The average molecular weight is 441 g/mol. The highest BCUT2D eigenvalue weighted by Gasteiger charge is 2.21. The third-order valence-electron chi connectivity index (χ3n) is 4.00. The standard InChI is InChI=1S/C17H20N4O6S2/c1-26-15-3-4-17(16(12-15)27-2)29(24,25)19-8-10-28(22,23)20-13-6-9-21-14(11-13)5-7-18-21/h3-7,9,11-12,19-20H,8,10H2,1-2H3. The molecule has 2 N–H and O–H groups in total. The van der Waals surface area contributed by atoms with E-state index < -0.39 is 25.8 Å². The Kier molecular flexibility index (Phi) is 5.96. The van der Waals surface area contributed by atoms with E-state index >= 15 is 0 Å². The number of fused-ring (bicyclic) bond motifs is 1. The van der Waals surface area contributed by atoms with E-state index in [4.69, 9.17) is 9.47 Å². The maximum atomic E-state index is 12.5. The summed E-state index contributed by atoms with van der Waals surface area (Å²) >= 11 is 0. The van der Waals surface area contributed by atoms with Gasteiger partial charge in [0.15, 0.2) is 0 Å². The second kappa shape index (κ2) is 8.27. The number of anilines is 1. The number of benzene rings is 1. The molecule has 3 rings (SSSR count). The van der Waals surface area contributed by atoms with Gasteiger partial charge in [-0.3, -0.25) is 4.72 Å². The van der Waals surface area contributed by atoms with E-state index in [-0.39, 0.29) is 17.2 Å². The number of hydrogen-bond donors (Lipinski definition) is 2. The SMILES string of the molecule is COc1ccc(S(=O)(=O)NCCS(=O)(=O)Nc2ccn3nccc3c2)c(OC)c1. The van der Waals surface area contributed by atoms with E-state index in [9.17, 15) is 16.8 Å². The highest BCUT2D eigenvalue weighted by atomic mass is 32.2. The fourth-order valence-corrected chi connectivity index (χ4v) is 4.87. The van der Waals surface area contributed by atoms with E-state index in [0.29, 0.717) is 11.4 Å². The number of sulfonamides is 2. The summed E-state index contributed by atoms with van der Waals surface area (Å²) in [5.41, 5.74) is 1.08. The fraction of sp³-hybridized carbons (Fsp3) is 0.235. The van der Waals surface area contributed by atoms with Crippen LogP contribution in [-0.4, -0.2) is 53.0 Å². The molecular formula is C17H20N4O6S2. The molecule has 0 saturated carbocycles. The predicted octanol–water partition coefficient (Wildman–Crippen LogP) is 1.07. The number of hydrogen-bond acceptors (Lipinski definition) is 7. The van der Waals surface area contributed by atoms with Gasteiger partial charge in [0, 0.05) is 25.0 Å². The molecule has 0 unspecified atom stereocenters. The summed E-state index contributed by atoms with van der Waals surface area (Å²) in [7, 11) is -4.97. The van der Waals surface area contributed by atoms with Gasteiger partial charge in [0.1, 0.15) is 16.4 Å². The molecule has 0 aliphatic heterocycles. The second-order valence-corrected chi connectivity index (χ2v) is 9.53. The van der Waals surface area contributed by atoms with Crippen LogP contribution in [0.3, 0.4) is 0 Å². The number of pyridine rings is 1. The predicted molar refractivity (Wildman–Crippen MR) is 107 cm³/mol. The molecule has 0 amide bonds. The average Bonchev–Trinajstić information content (AvgIpc) is 3.14. The molecule has 29 heavy (non-hydrogen) atoms. The maximum absolute atomic E-state index is 12.5. The minimum atomic E-state index is -3.98. The van der Waals surface area contributed by atoms with Crippen molar-refractivity contribution >= 4 is 31.3 Å². The van der Waals surface area contributed by atoms with Crippen LogP contribution >= 0.6 is 0 Å². The minimum Gasteiger partial charge on any atom is -0.497 e. The topological polar surface area (TPSA) is 128 Å². The molecule has 0 spiro atoms. The lowest BCUT2D eigenvalue weighted by molar-refractivity contribution is 0.386. The van der Waals surface area contributed by atoms with Crippen molar-refractivity contribution in [3.63, 3.8) is 0 Å². The van der Waals surface area contributed by atoms with Crippen molar-refractivity contribution in [2.75, 3.05) is 31.2 Å². The number of nitrogens with one attached hydrogen (secondary N) is 2. The van der Waals surface area contributed by atoms with Gasteiger partial charge in [0.25, 0.3) is 0 Å². The van der Waals surface area contributed by atoms with Crippen LogP contribution in [0.15, 0.2) is 53.7 Å². The van der Waals surface area contributed by atoms with E-state index in [2.05, 4.69) is 14.5 Å². The van der Waals surface area contributed by atoms with E-state index in [1.165, 1.54) is 32.4 Å². The largest absolute Gasteiger partial charge is 0.497 e. The van der Waals surface area contributed by atoms with E-state index in [1.807, 2.05) is 0 Å². The van der Waals surface area contributed by atoms with Gasteiger partial charge in [-0.15, -0.1) is 0 Å². The summed E-state index contributed by atoms with van der Waals surface area (Å²) in [4.78, 5) is -0.114. The molecule has 1 aromatic carbocycles. The molecule has 0 aliphatic rings. The smallest absolute Gasteiger partial charge is 0.244 e. The molecule has 2 aromatic heterocycles. The first-order chi connectivity index (χ1) is 13.7. The lowest BCUT2D eigenvalue weighted by atomic mass is 10.3. The van der Waals surface area contributed by atoms with Crippen LogP contribution in [0.5, 0.6) is 11.5 Å². The van der Waals surface area contributed by atoms with Crippen LogP contribution in [-0.2, 0) is 20.0 Å². The van der Waals surface area contributed by atoms with Gasteiger partial charge in [-0.1, -0.05) is 0 Å². The van der Waals surface area contributed by atoms with Crippen LogP contribution < -0.4 is 18.9 Å². The molecule has 0 bridgehead atoms. The number of nitrogens with zero attached hydrogens (tertiary/aromatic N) is 2. The lowest BCUT2D eigenvalue weighted by Gasteiger charge is -2.12. The summed E-state index contributed by atoms with van der Waals surface area (Å²) in [5.74, 6) is 0.0736. The number of ether oxygens (including phenoxy) is 2. The molecule has 0 fully saturated rings. The summed E-state index contributed by atoms with van der Waals surface area (Å²) in [6.07, 6.45) is 3.21. The Hall–Kier alpha value is -2.83. The highest BCUT2D eigenvalue weighted by molar-refractivity contribution is 7.92. The quantitative estimate of drug-likeness (QED) is 0.509. The zero-order chi connectivity index (χ0) is 21.1. The molecule has 3 aromatic rings. The monoisotopic (exact) mass is 440 g/mol. The maximum Gasteiger partial charge on any atom is 0.244 e. The Bertz CT molecular complexity index is 1220. The zero-order valence-electron chi connectivity index (χ0n) is 15.7. The summed E-state index contributed by atoms with van der Waals surface area (Å²) in [5, 5.41) is 4.03. The Labute approximate surface area is 168 Å². The van der Waals surface area contributed by atoms with Crippen LogP contribution in [0.4, 0.5) is 5.69 Å². The fourth-order valence-electron chi connectivity index (χ4n) is 2.60. The molecular weight excluding hydrogens is 420 g/mol. The minimum absolute atomic E-state index is 0.0898. The molecule has 0 radical (unpaired) electrons. The number of methoxy groups -OCH3 is 2. The van der Waals surface area contributed by atoms with Gasteiger partial charge in [0.2, 0.25) is 20.0 Å². The van der Waals surface area contributed by atoms with Crippen LogP contribution in [0.1, 0.15) is 0 Å². The van der Waals surface area contributed by atoms with Gasteiger partial charge < -0.3 is 9.47 Å². The van der Waals surface area contributed by atoms with Gasteiger partial charge in [-0.2, -0.15) is 5.10 Å². The third-order valence-corrected chi connectivity index (χ3v) is 6.78. The van der Waals surface area contributed by atoms with Crippen molar-refractivity contribution in [2.45, 2.75) is 4.90 Å². The Morgan fingerprint density at radius 2 is 1.83 bits per heavy atom. The van der Waals surface area contributed by atoms with Crippen molar-refractivity contribution in [1.82, 2.24) is 14.3 Å². The summed E-state index contributed by atoms with van der Waals surface area (Å²) in [6, 6.07) is 9.14. The normalized spacial score (nSPS) is 12.1. The van der Waals surface area contributed by atoms with Gasteiger partial charge in [-0.25, -0.2) is 26.1 Å². The molecule has 0 atom stereocenters.